The maximum atomic E-state index is 10.5. The second-order valence-corrected chi connectivity index (χ2v) is 3.92. The number of thiophene rings is 1. The van der Waals surface area contributed by atoms with Crippen LogP contribution in [-0.2, 0) is 0 Å². The van der Waals surface area contributed by atoms with Crippen LogP contribution in [0.1, 0.15) is 0 Å². The standard InChI is InChI=1S/C9H7N3O3S/c1-15-9-10-4-6(5-11-9)7-2-3-8(16-7)12(13)14/h2-5H,1H3. The number of aromatic nitrogens is 2. The molecule has 0 unspecified atom stereocenters. The molecule has 2 aromatic rings. The van der Waals surface area contributed by atoms with Gasteiger partial charge in [0.05, 0.1) is 12.0 Å². The van der Waals surface area contributed by atoms with Gasteiger partial charge in [0.2, 0.25) is 0 Å². The molecule has 0 N–H and O–H groups in total. The zero-order chi connectivity index (χ0) is 11.5. The van der Waals surface area contributed by atoms with E-state index in [1.807, 2.05) is 0 Å². The van der Waals surface area contributed by atoms with Crippen molar-refractivity contribution in [1.82, 2.24) is 9.97 Å². The van der Waals surface area contributed by atoms with Crippen LogP contribution in [0.15, 0.2) is 24.5 Å². The first-order chi connectivity index (χ1) is 7.70. The Balaban J connectivity index is 2.31. The summed E-state index contributed by atoms with van der Waals surface area (Å²) >= 11 is 1.09. The summed E-state index contributed by atoms with van der Waals surface area (Å²) in [4.78, 5) is 18.7. The van der Waals surface area contributed by atoms with E-state index in [1.54, 1.807) is 18.5 Å². The van der Waals surface area contributed by atoms with Crippen LogP contribution in [0.2, 0.25) is 0 Å². The molecule has 0 fully saturated rings. The van der Waals surface area contributed by atoms with Gasteiger partial charge in [-0.3, -0.25) is 10.1 Å². The highest BCUT2D eigenvalue weighted by molar-refractivity contribution is 7.18. The van der Waals surface area contributed by atoms with Crippen molar-refractivity contribution >= 4 is 16.3 Å². The van der Waals surface area contributed by atoms with E-state index in [4.69, 9.17) is 4.74 Å². The van der Waals surface area contributed by atoms with E-state index in [9.17, 15) is 10.1 Å². The Morgan fingerprint density at radius 2 is 2.06 bits per heavy atom. The molecule has 0 bridgehead atoms. The van der Waals surface area contributed by atoms with Crippen LogP contribution in [0, 0.1) is 10.1 Å². The van der Waals surface area contributed by atoms with Gasteiger partial charge in [0.25, 0.3) is 0 Å². The molecule has 82 valence electrons. The van der Waals surface area contributed by atoms with E-state index in [0.29, 0.717) is 0 Å². The largest absolute Gasteiger partial charge is 0.467 e. The maximum absolute atomic E-state index is 10.5. The van der Waals surface area contributed by atoms with Crippen LogP contribution in [0.5, 0.6) is 6.01 Å². The highest BCUT2D eigenvalue weighted by Crippen LogP contribution is 2.31. The van der Waals surface area contributed by atoms with Gasteiger partial charge in [-0.1, -0.05) is 11.3 Å². The normalized spacial score (nSPS) is 10.1. The van der Waals surface area contributed by atoms with Gasteiger partial charge in [-0.15, -0.1) is 0 Å². The lowest BCUT2D eigenvalue weighted by atomic mass is 10.3. The van der Waals surface area contributed by atoms with Gasteiger partial charge in [0, 0.05) is 28.9 Å². The fraction of sp³-hybridized carbons (Fsp3) is 0.111. The Kier molecular flexibility index (Phi) is 2.78. The predicted molar refractivity (Wildman–Crippen MR) is 58.6 cm³/mol. The first-order valence-corrected chi connectivity index (χ1v) is 5.13. The molecule has 6 nitrogen and oxygen atoms in total. The van der Waals surface area contributed by atoms with Gasteiger partial charge in [-0.2, -0.15) is 0 Å². The van der Waals surface area contributed by atoms with Crippen LogP contribution in [-0.4, -0.2) is 22.0 Å². The summed E-state index contributed by atoms with van der Waals surface area (Å²) in [5.74, 6) is 0. The minimum Gasteiger partial charge on any atom is -0.467 e. The number of nitrogens with zero attached hydrogens (tertiary/aromatic N) is 3. The topological polar surface area (TPSA) is 78.2 Å². The maximum Gasteiger partial charge on any atom is 0.324 e. The van der Waals surface area contributed by atoms with Crippen molar-refractivity contribution < 1.29 is 9.66 Å². The zero-order valence-electron chi connectivity index (χ0n) is 8.28. The lowest BCUT2D eigenvalue weighted by Crippen LogP contribution is -1.90. The van der Waals surface area contributed by atoms with Gasteiger partial charge in [0.1, 0.15) is 0 Å². The second-order valence-electron chi connectivity index (χ2n) is 2.85. The molecule has 0 atom stereocenters. The first-order valence-electron chi connectivity index (χ1n) is 4.31. The predicted octanol–water partition coefficient (Wildman–Crippen LogP) is 2.12. The monoisotopic (exact) mass is 237 g/mol. The highest BCUT2D eigenvalue weighted by atomic mass is 32.1. The van der Waals surface area contributed by atoms with E-state index in [-0.39, 0.29) is 11.0 Å². The Labute approximate surface area is 94.7 Å². The van der Waals surface area contributed by atoms with E-state index >= 15 is 0 Å². The Bertz CT molecular complexity index is 509. The minimum absolute atomic E-state index is 0.103. The van der Waals surface area contributed by atoms with Crippen molar-refractivity contribution in [1.29, 1.82) is 0 Å². The molecule has 2 rings (SSSR count). The Morgan fingerprint density at radius 1 is 1.38 bits per heavy atom. The van der Waals surface area contributed by atoms with Crippen molar-refractivity contribution in [3.63, 3.8) is 0 Å². The summed E-state index contributed by atoms with van der Waals surface area (Å²) in [5.41, 5.74) is 0.735. The van der Waals surface area contributed by atoms with Gasteiger partial charge >= 0.3 is 11.0 Å². The summed E-state index contributed by atoms with van der Waals surface area (Å²) < 4.78 is 4.82. The number of nitro groups is 1. The lowest BCUT2D eigenvalue weighted by molar-refractivity contribution is -0.380. The molecule has 2 heterocycles. The molecular formula is C9H7N3O3S. The van der Waals surface area contributed by atoms with Gasteiger partial charge in [-0.05, 0) is 6.07 Å². The van der Waals surface area contributed by atoms with Gasteiger partial charge in [-0.25, -0.2) is 9.97 Å². The van der Waals surface area contributed by atoms with E-state index in [0.717, 1.165) is 21.8 Å². The zero-order valence-corrected chi connectivity index (χ0v) is 9.10. The molecule has 0 saturated heterocycles. The quantitative estimate of drug-likeness (QED) is 0.603. The second kappa shape index (κ2) is 4.23. The number of hydrogen-bond acceptors (Lipinski definition) is 6. The SMILES string of the molecule is COc1ncc(-c2ccc([N+](=O)[O-])s2)cn1. The van der Waals surface area contributed by atoms with Crippen LogP contribution >= 0.6 is 11.3 Å². The lowest BCUT2D eigenvalue weighted by Gasteiger charge is -1.97. The van der Waals surface area contributed by atoms with E-state index in [2.05, 4.69) is 9.97 Å². The summed E-state index contributed by atoms with van der Waals surface area (Å²) in [6.45, 7) is 0. The molecule has 7 heteroatoms. The average molecular weight is 237 g/mol. The number of hydrogen-bond donors (Lipinski definition) is 0. The molecule has 16 heavy (non-hydrogen) atoms. The summed E-state index contributed by atoms with van der Waals surface area (Å²) in [6, 6.07) is 3.41. The van der Waals surface area contributed by atoms with Crippen LogP contribution in [0.25, 0.3) is 10.4 Å². The van der Waals surface area contributed by atoms with Crippen LogP contribution in [0.4, 0.5) is 5.00 Å². The van der Waals surface area contributed by atoms with Crippen molar-refractivity contribution in [2.45, 2.75) is 0 Å². The molecule has 0 radical (unpaired) electrons. The van der Waals surface area contributed by atoms with Crippen LogP contribution in [0.3, 0.4) is 0 Å². The van der Waals surface area contributed by atoms with Crippen LogP contribution < -0.4 is 4.74 Å². The first kappa shape index (κ1) is 10.5. The molecule has 0 aliphatic heterocycles. The molecule has 2 aromatic heterocycles. The molecule has 0 amide bonds. The molecule has 0 saturated carbocycles. The Hall–Kier alpha value is -2.02. The smallest absolute Gasteiger partial charge is 0.324 e. The minimum atomic E-state index is -0.418. The summed E-state index contributed by atoms with van der Waals surface area (Å²) in [7, 11) is 1.48. The van der Waals surface area contributed by atoms with Crippen molar-refractivity contribution in [3.05, 3.63) is 34.6 Å². The van der Waals surface area contributed by atoms with Crippen molar-refractivity contribution in [3.8, 4) is 16.5 Å². The molecule has 0 aliphatic rings. The average Bonchev–Trinajstić information content (AvgIpc) is 2.78. The van der Waals surface area contributed by atoms with E-state index < -0.39 is 4.92 Å². The fourth-order valence-electron chi connectivity index (χ4n) is 1.13. The third-order valence-electron chi connectivity index (χ3n) is 1.87. The van der Waals surface area contributed by atoms with Gasteiger partial charge < -0.3 is 4.74 Å². The number of ether oxygens (including phenoxy) is 1. The Morgan fingerprint density at radius 3 is 2.56 bits per heavy atom. The highest BCUT2D eigenvalue weighted by Gasteiger charge is 2.11. The molecule has 0 aromatic carbocycles. The summed E-state index contributed by atoms with van der Waals surface area (Å²) in [5, 5.41) is 10.6. The number of rotatable bonds is 3. The van der Waals surface area contributed by atoms with E-state index in [1.165, 1.54) is 13.2 Å². The van der Waals surface area contributed by atoms with Crippen molar-refractivity contribution in [2.75, 3.05) is 7.11 Å². The molecule has 0 aliphatic carbocycles. The summed E-state index contributed by atoms with van der Waals surface area (Å²) in [6.07, 6.45) is 3.14. The third kappa shape index (κ3) is 1.98. The fourth-order valence-corrected chi connectivity index (χ4v) is 1.93. The molecular weight excluding hydrogens is 230 g/mol. The third-order valence-corrected chi connectivity index (χ3v) is 2.95. The molecule has 0 spiro atoms. The van der Waals surface area contributed by atoms with Gasteiger partial charge in [0.15, 0.2) is 0 Å². The van der Waals surface area contributed by atoms with Crippen molar-refractivity contribution in [2.24, 2.45) is 0 Å². The number of methoxy groups -OCH3 is 1.